The van der Waals surface area contributed by atoms with E-state index in [9.17, 15) is 4.79 Å². The molecule has 6 nitrogen and oxygen atoms in total. The Labute approximate surface area is 102 Å². The molecule has 1 heterocycles. The lowest BCUT2D eigenvalue weighted by Gasteiger charge is -2.11. The van der Waals surface area contributed by atoms with Gasteiger partial charge in [0.15, 0.2) is 0 Å². The molecule has 0 fully saturated rings. The zero-order chi connectivity index (χ0) is 12.5. The average molecular weight is 239 g/mol. The molecule has 1 atom stereocenters. The summed E-state index contributed by atoms with van der Waals surface area (Å²) in [4.78, 5) is 11.6. The molecule has 0 bridgehead atoms. The molecule has 96 valence electrons. The van der Waals surface area contributed by atoms with Crippen molar-refractivity contribution in [3.8, 4) is 0 Å². The number of nitrogens with one attached hydrogen (secondary N) is 1. The van der Waals surface area contributed by atoms with E-state index in [-0.39, 0.29) is 11.8 Å². The fraction of sp³-hybridized carbons (Fsp3) is 0.727. The van der Waals surface area contributed by atoms with Gasteiger partial charge in [0.25, 0.3) is 0 Å². The summed E-state index contributed by atoms with van der Waals surface area (Å²) in [6.45, 7) is 4.02. The summed E-state index contributed by atoms with van der Waals surface area (Å²) in [6.07, 6.45) is 6.07. The molecule has 1 unspecified atom stereocenters. The summed E-state index contributed by atoms with van der Waals surface area (Å²) in [6, 6.07) is 0. The lowest BCUT2D eigenvalue weighted by Crippen LogP contribution is -2.30. The Bertz CT molecular complexity index is 312. The van der Waals surface area contributed by atoms with Crippen molar-refractivity contribution in [2.75, 3.05) is 13.1 Å². The van der Waals surface area contributed by atoms with Crippen LogP contribution in [0.5, 0.6) is 0 Å². The summed E-state index contributed by atoms with van der Waals surface area (Å²) in [5.74, 6) is 0.155. The molecule has 0 radical (unpaired) electrons. The maximum absolute atomic E-state index is 11.6. The number of rotatable bonds is 8. The molecule has 0 aromatic carbocycles. The zero-order valence-corrected chi connectivity index (χ0v) is 10.3. The lowest BCUT2D eigenvalue weighted by atomic mass is 10.1. The fourth-order valence-electron chi connectivity index (χ4n) is 1.53. The van der Waals surface area contributed by atoms with Gasteiger partial charge in [0.05, 0.1) is 6.20 Å². The smallest absolute Gasteiger partial charge is 0.222 e. The summed E-state index contributed by atoms with van der Waals surface area (Å²) in [5.41, 5.74) is 5.41. The molecule has 0 aliphatic heterocycles. The van der Waals surface area contributed by atoms with Gasteiger partial charge in [-0.3, -0.25) is 9.48 Å². The predicted octanol–water partition coefficient (Wildman–Crippen LogP) is 0.159. The third kappa shape index (κ3) is 5.44. The third-order valence-electron chi connectivity index (χ3n) is 2.62. The van der Waals surface area contributed by atoms with Gasteiger partial charge in [0.1, 0.15) is 0 Å². The Morgan fingerprint density at radius 1 is 1.53 bits per heavy atom. The Morgan fingerprint density at radius 2 is 2.35 bits per heavy atom. The first kappa shape index (κ1) is 13.6. The standard InChI is InChI=1S/C11H21N5O/c1-10(4-2-5-12)11(17)13-6-3-8-16-9-7-14-15-16/h7,9-10H,2-6,8,12H2,1H3,(H,13,17). The van der Waals surface area contributed by atoms with Crippen LogP contribution in [0.3, 0.4) is 0 Å². The van der Waals surface area contributed by atoms with Gasteiger partial charge in [-0.15, -0.1) is 5.10 Å². The van der Waals surface area contributed by atoms with Crippen molar-refractivity contribution in [1.82, 2.24) is 20.3 Å². The number of aryl methyl sites for hydroxylation is 1. The Hall–Kier alpha value is -1.43. The van der Waals surface area contributed by atoms with E-state index in [0.29, 0.717) is 13.1 Å². The zero-order valence-electron chi connectivity index (χ0n) is 10.3. The summed E-state index contributed by atoms with van der Waals surface area (Å²) >= 11 is 0. The van der Waals surface area contributed by atoms with Gasteiger partial charge < -0.3 is 11.1 Å². The van der Waals surface area contributed by atoms with E-state index >= 15 is 0 Å². The predicted molar refractivity (Wildman–Crippen MR) is 65.1 cm³/mol. The summed E-state index contributed by atoms with van der Waals surface area (Å²) in [5, 5.41) is 10.5. The van der Waals surface area contributed by atoms with E-state index in [1.54, 1.807) is 10.9 Å². The molecular formula is C11H21N5O. The second-order valence-electron chi connectivity index (χ2n) is 4.14. The first-order chi connectivity index (χ1) is 8.24. The van der Waals surface area contributed by atoms with Crippen molar-refractivity contribution < 1.29 is 4.79 Å². The minimum atomic E-state index is 0.0462. The van der Waals surface area contributed by atoms with Crippen LogP contribution < -0.4 is 11.1 Å². The van der Waals surface area contributed by atoms with Gasteiger partial charge in [-0.1, -0.05) is 12.1 Å². The third-order valence-corrected chi connectivity index (χ3v) is 2.62. The number of hydrogen-bond acceptors (Lipinski definition) is 4. The van der Waals surface area contributed by atoms with E-state index in [1.165, 1.54) is 0 Å². The van der Waals surface area contributed by atoms with E-state index in [4.69, 9.17) is 5.73 Å². The van der Waals surface area contributed by atoms with Gasteiger partial charge in [-0.25, -0.2) is 0 Å². The van der Waals surface area contributed by atoms with Crippen LogP contribution in [0.25, 0.3) is 0 Å². The molecular weight excluding hydrogens is 218 g/mol. The van der Waals surface area contributed by atoms with Crippen LogP contribution in [-0.2, 0) is 11.3 Å². The SMILES string of the molecule is CC(CCCN)C(=O)NCCCn1ccnn1. The van der Waals surface area contributed by atoms with Crippen LogP contribution in [0, 0.1) is 5.92 Å². The molecule has 0 aliphatic carbocycles. The number of nitrogens with zero attached hydrogens (tertiary/aromatic N) is 3. The molecule has 1 rings (SSSR count). The Morgan fingerprint density at radius 3 is 3.00 bits per heavy atom. The van der Waals surface area contributed by atoms with Crippen molar-refractivity contribution >= 4 is 5.91 Å². The van der Waals surface area contributed by atoms with Crippen molar-refractivity contribution in [3.05, 3.63) is 12.4 Å². The largest absolute Gasteiger partial charge is 0.356 e. The van der Waals surface area contributed by atoms with Gasteiger partial charge in [0, 0.05) is 25.2 Å². The highest BCUT2D eigenvalue weighted by Gasteiger charge is 2.10. The van der Waals surface area contributed by atoms with Crippen molar-refractivity contribution in [2.24, 2.45) is 11.7 Å². The topological polar surface area (TPSA) is 85.8 Å². The van der Waals surface area contributed by atoms with E-state index < -0.39 is 0 Å². The van der Waals surface area contributed by atoms with Crippen molar-refractivity contribution in [1.29, 1.82) is 0 Å². The Kier molecular flexibility index (Phi) is 6.24. The highest BCUT2D eigenvalue weighted by Crippen LogP contribution is 2.04. The van der Waals surface area contributed by atoms with Crippen LogP contribution in [0.15, 0.2) is 12.4 Å². The van der Waals surface area contributed by atoms with Crippen LogP contribution in [0.4, 0.5) is 0 Å². The molecule has 0 aliphatic rings. The highest BCUT2D eigenvalue weighted by molar-refractivity contribution is 5.78. The van der Waals surface area contributed by atoms with E-state index in [0.717, 1.165) is 25.8 Å². The van der Waals surface area contributed by atoms with Gasteiger partial charge in [-0.05, 0) is 25.8 Å². The molecule has 3 N–H and O–H groups in total. The number of nitrogens with two attached hydrogens (primary N) is 1. The maximum Gasteiger partial charge on any atom is 0.222 e. The Balaban J connectivity index is 2.07. The quantitative estimate of drug-likeness (QED) is 0.633. The second-order valence-corrected chi connectivity index (χ2v) is 4.14. The fourth-order valence-corrected chi connectivity index (χ4v) is 1.53. The summed E-state index contributed by atoms with van der Waals surface area (Å²) < 4.78 is 1.75. The van der Waals surface area contributed by atoms with Crippen molar-refractivity contribution in [3.63, 3.8) is 0 Å². The number of carbonyl (C=O) groups excluding carboxylic acids is 1. The molecule has 0 saturated heterocycles. The molecule has 0 spiro atoms. The minimum Gasteiger partial charge on any atom is -0.356 e. The lowest BCUT2D eigenvalue weighted by molar-refractivity contribution is -0.124. The number of hydrogen-bond donors (Lipinski definition) is 2. The van der Waals surface area contributed by atoms with E-state index in [1.807, 2.05) is 13.1 Å². The van der Waals surface area contributed by atoms with Crippen LogP contribution >= 0.6 is 0 Å². The highest BCUT2D eigenvalue weighted by atomic mass is 16.1. The number of aromatic nitrogens is 3. The van der Waals surface area contributed by atoms with Gasteiger partial charge in [-0.2, -0.15) is 0 Å². The first-order valence-corrected chi connectivity index (χ1v) is 6.06. The maximum atomic E-state index is 11.6. The molecule has 1 aromatic rings. The molecule has 1 aromatic heterocycles. The van der Waals surface area contributed by atoms with Crippen LogP contribution in [0.1, 0.15) is 26.2 Å². The second kappa shape index (κ2) is 7.78. The van der Waals surface area contributed by atoms with Gasteiger partial charge >= 0.3 is 0 Å². The average Bonchev–Trinajstić information content (AvgIpc) is 2.84. The summed E-state index contributed by atoms with van der Waals surface area (Å²) in [7, 11) is 0. The van der Waals surface area contributed by atoms with Crippen molar-refractivity contribution in [2.45, 2.75) is 32.7 Å². The van der Waals surface area contributed by atoms with Crippen LogP contribution in [0.2, 0.25) is 0 Å². The monoisotopic (exact) mass is 239 g/mol. The molecule has 0 saturated carbocycles. The van der Waals surface area contributed by atoms with E-state index in [2.05, 4.69) is 15.6 Å². The first-order valence-electron chi connectivity index (χ1n) is 6.06. The molecule has 1 amide bonds. The van der Waals surface area contributed by atoms with Crippen LogP contribution in [-0.4, -0.2) is 34.0 Å². The minimum absolute atomic E-state index is 0.0462. The number of carbonyl (C=O) groups is 1. The molecule has 6 heteroatoms. The van der Waals surface area contributed by atoms with Gasteiger partial charge in [0.2, 0.25) is 5.91 Å². The molecule has 17 heavy (non-hydrogen) atoms. The normalized spacial score (nSPS) is 12.4. The number of amides is 1.